The van der Waals surface area contributed by atoms with Gasteiger partial charge in [-0.25, -0.2) is 4.79 Å². The highest BCUT2D eigenvalue weighted by atomic mass is 16.4. The van der Waals surface area contributed by atoms with Gasteiger partial charge in [-0.05, 0) is 35.6 Å². The molecule has 222 valence electrons. The van der Waals surface area contributed by atoms with Gasteiger partial charge in [-0.15, -0.1) is 0 Å². The highest BCUT2D eigenvalue weighted by Crippen LogP contribution is 2.14. The second-order valence-corrected chi connectivity index (χ2v) is 10.0. The summed E-state index contributed by atoms with van der Waals surface area (Å²) in [4.78, 5) is 62.7. The SMILES string of the molecule is CCC(C)C(NC(=O)C(Cc1ccc(O)cc1)NC(=O)C(Cc1ccccc1)NC(=O)C(N)CCC(N)=O)C(=O)O. The number of hydrogen-bond acceptors (Lipinski definition) is 7. The predicted molar refractivity (Wildman–Crippen MR) is 151 cm³/mol. The quantitative estimate of drug-likeness (QED) is 0.149. The Hall–Kier alpha value is -4.45. The van der Waals surface area contributed by atoms with Gasteiger partial charge in [0.25, 0.3) is 0 Å². The van der Waals surface area contributed by atoms with E-state index in [1.54, 1.807) is 56.3 Å². The maximum absolute atomic E-state index is 13.6. The molecule has 0 aliphatic heterocycles. The number of phenols is 1. The Balaban J connectivity index is 2.32. The van der Waals surface area contributed by atoms with E-state index in [1.165, 1.54) is 12.1 Å². The fraction of sp³-hybridized carbons (Fsp3) is 0.414. The number of nitrogens with two attached hydrogens (primary N) is 2. The third-order valence-corrected chi connectivity index (χ3v) is 6.74. The minimum absolute atomic E-state index is 0.0137. The summed E-state index contributed by atoms with van der Waals surface area (Å²) >= 11 is 0. The Morgan fingerprint density at radius 1 is 0.805 bits per heavy atom. The summed E-state index contributed by atoms with van der Waals surface area (Å²) in [5.74, 6) is -4.29. The van der Waals surface area contributed by atoms with E-state index < -0.39 is 53.8 Å². The topological polar surface area (TPSA) is 214 Å². The van der Waals surface area contributed by atoms with E-state index in [-0.39, 0.29) is 37.4 Å². The van der Waals surface area contributed by atoms with Gasteiger partial charge in [0.1, 0.15) is 23.9 Å². The van der Waals surface area contributed by atoms with Crippen molar-refractivity contribution in [1.82, 2.24) is 16.0 Å². The van der Waals surface area contributed by atoms with Crippen molar-refractivity contribution in [3.8, 4) is 5.75 Å². The van der Waals surface area contributed by atoms with Gasteiger partial charge in [0.05, 0.1) is 6.04 Å². The van der Waals surface area contributed by atoms with Crippen LogP contribution < -0.4 is 27.4 Å². The molecule has 0 aliphatic carbocycles. The second kappa shape index (κ2) is 16.0. The van der Waals surface area contributed by atoms with Crippen LogP contribution in [0.2, 0.25) is 0 Å². The Morgan fingerprint density at radius 2 is 1.32 bits per heavy atom. The molecule has 0 bridgehead atoms. The minimum atomic E-state index is -1.21. The van der Waals surface area contributed by atoms with E-state index in [1.807, 2.05) is 0 Å². The van der Waals surface area contributed by atoms with Crippen LogP contribution in [0.1, 0.15) is 44.2 Å². The predicted octanol–water partition coefficient (Wildman–Crippen LogP) is 0.355. The van der Waals surface area contributed by atoms with E-state index in [4.69, 9.17) is 11.5 Å². The van der Waals surface area contributed by atoms with Gasteiger partial charge < -0.3 is 37.6 Å². The molecule has 5 atom stereocenters. The largest absolute Gasteiger partial charge is 0.508 e. The second-order valence-electron chi connectivity index (χ2n) is 10.0. The molecule has 0 spiro atoms. The minimum Gasteiger partial charge on any atom is -0.508 e. The smallest absolute Gasteiger partial charge is 0.326 e. The first kappa shape index (κ1) is 32.8. The number of carboxylic acids is 1. The van der Waals surface area contributed by atoms with Crippen LogP contribution in [-0.4, -0.2) is 64.0 Å². The molecule has 0 saturated carbocycles. The Bertz CT molecular complexity index is 1190. The van der Waals surface area contributed by atoms with E-state index >= 15 is 0 Å². The van der Waals surface area contributed by atoms with Crippen molar-refractivity contribution in [2.24, 2.45) is 17.4 Å². The maximum Gasteiger partial charge on any atom is 0.326 e. The first-order valence-corrected chi connectivity index (χ1v) is 13.4. The lowest BCUT2D eigenvalue weighted by molar-refractivity contribution is -0.143. The number of hydrogen-bond donors (Lipinski definition) is 7. The molecule has 2 aromatic carbocycles. The van der Waals surface area contributed by atoms with Gasteiger partial charge in [-0.3, -0.25) is 19.2 Å². The first-order valence-electron chi connectivity index (χ1n) is 13.4. The number of benzene rings is 2. The summed E-state index contributed by atoms with van der Waals surface area (Å²) in [7, 11) is 0. The van der Waals surface area contributed by atoms with Crippen molar-refractivity contribution < 1.29 is 34.2 Å². The molecule has 0 saturated heterocycles. The van der Waals surface area contributed by atoms with Gasteiger partial charge in [0, 0.05) is 19.3 Å². The Labute approximate surface area is 238 Å². The van der Waals surface area contributed by atoms with Crippen LogP contribution in [0.15, 0.2) is 54.6 Å². The van der Waals surface area contributed by atoms with E-state index in [9.17, 15) is 34.2 Å². The molecule has 2 rings (SSSR count). The number of primary amides is 1. The number of aliphatic carboxylic acids is 1. The van der Waals surface area contributed by atoms with Gasteiger partial charge in [0.2, 0.25) is 23.6 Å². The highest BCUT2D eigenvalue weighted by Gasteiger charge is 2.32. The number of phenolic OH excluding ortho intramolecular Hbond substituents is 1. The summed E-state index contributed by atoms with van der Waals surface area (Å²) in [5, 5.41) is 27.1. The summed E-state index contributed by atoms with van der Waals surface area (Å²) in [5.41, 5.74) is 12.4. The van der Waals surface area contributed by atoms with Gasteiger partial charge in [-0.1, -0.05) is 62.7 Å². The first-order chi connectivity index (χ1) is 19.4. The molecule has 0 aromatic heterocycles. The van der Waals surface area contributed by atoms with Crippen LogP contribution in [0.5, 0.6) is 5.75 Å². The van der Waals surface area contributed by atoms with E-state index in [2.05, 4.69) is 16.0 Å². The van der Waals surface area contributed by atoms with Crippen LogP contribution in [0.25, 0.3) is 0 Å². The van der Waals surface area contributed by atoms with Crippen LogP contribution in [0.3, 0.4) is 0 Å². The summed E-state index contributed by atoms with van der Waals surface area (Å²) in [6.07, 6.45) is 0.417. The van der Waals surface area contributed by atoms with Crippen LogP contribution in [0.4, 0.5) is 0 Å². The van der Waals surface area contributed by atoms with Gasteiger partial charge in [-0.2, -0.15) is 0 Å². The zero-order valence-electron chi connectivity index (χ0n) is 23.2. The molecule has 41 heavy (non-hydrogen) atoms. The third-order valence-electron chi connectivity index (χ3n) is 6.74. The van der Waals surface area contributed by atoms with Gasteiger partial charge in [0.15, 0.2) is 0 Å². The molecular formula is C29H39N5O7. The number of nitrogens with one attached hydrogen (secondary N) is 3. The normalized spacial score (nSPS) is 14.5. The van der Waals surface area contributed by atoms with Crippen molar-refractivity contribution in [3.05, 3.63) is 65.7 Å². The van der Waals surface area contributed by atoms with Crippen molar-refractivity contribution >= 4 is 29.6 Å². The maximum atomic E-state index is 13.6. The zero-order valence-corrected chi connectivity index (χ0v) is 23.2. The van der Waals surface area contributed by atoms with Crippen LogP contribution in [-0.2, 0) is 36.8 Å². The van der Waals surface area contributed by atoms with Crippen LogP contribution in [0, 0.1) is 5.92 Å². The molecule has 2 aromatic rings. The molecule has 12 nitrogen and oxygen atoms in total. The van der Waals surface area contributed by atoms with Crippen molar-refractivity contribution in [2.45, 2.75) is 70.1 Å². The molecule has 9 N–H and O–H groups in total. The number of carbonyl (C=O) groups excluding carboxylic acids is 4. The van der Waals surface area contributed by atoms with Gasteiger partial charge >= 0.3 is 5.97 Å². The average molecular weight is 570 g/mol. The van der Waals surface area contributed by atoms with Crippen molar-refractivity contribution in [1.29, 1.82) is 0 Å². The van der Waals surface area contributed by atoms with Crippen molar-refractivity contribution in [3.63, 3.8) is 0 Å². The molecule has 0 heterocycles. The molecular weight excluding hydrogens is 530 g/mol. The lowest BCUT2D eigenvalue weighted by Crippen LogP contribution is -2.58. The zero-order chi connectivity index (χ0) is 30.5. The molecule has 4 amide bonds. The lowest BCUT2D eigenvalue weighted by Gasteiger charge is -2.27. The van der Waals surface area contributed by atoms with Crippen LogP contribution >= 0.6 is 0 Å². The third kappa shape index (κ3) is 10.9. The summed E-state index contributed by atoms with van der Waals surface area (Å²) in [6.45, 7) is 3.49. The molecule has 5 unspecified atom stereocenters. The molecule has 0 aliphatic rings. The highest BCUT2D eigenvalue weighted by molar-refractivity contribution is 5.94. The van der Waals surface area contributed by atoms with E-state index in [0.29, 0.717) is 12.0 Å². The molecule has 12 heteroatoms. The standard InChI is InChI=1S/C29H39N5O7/c1-3-17(2)25(29(40)41)34-28(39)23(16-19-9-11-20(35)12-10-19)33-27(38)22(15-18-7-5-4-6-8-18)32-26(37)21(30)13-14-24(31)36/h4-12,17,21-23,25,35H,3,13-16,30H2,1-2H3,(H2,31,36)(H,32,37)(H,33,38)(H,34,39)(H,40,41). The fourth-order valence-electron chi connectivity index (χ4n) is 4.05. The Morgan fingerprint density at radius 3 is 1.83 bits per heavy atom. The number of rotatable bonds is 16. The number of carbonyl (C=O) groups is 5. The summed E-state index contributed by atoms with van der Waals surface area (Å²) < 4.78 is 0. The molecule has 0 fully saturated rings. The average Bonchev–Trinajstić information content (AvgIpc) is 2.94. The molecule has 0 radical (unpaired) electrons. The van der Waals surface area contributed by atoms with Crippen molar-refractivity contribution in [2.75, 3.05) is 0 Å². The lowest BCUT2D eigenvalue weighted by atomic mass is 9.97. The fourth-order valence-corrected chi connectivity index (χ4v) is 4.05. The van der Waals surface area contributed by atoms with E-state index in [0.717, 1.165) is 5.56 Å². The monoisotopic (exact) mass is 569 g/mol. The number of aromatic hydroxyl groups is 1. The number of amides is 4. The Kier molecular flexibility index (Phi) is 12.8. The number of carboxylic acid groups (broad SMARTS) is 1. The summed E-state index contributed by atoms with van der Waals surface area (Å²) in [6, 6.07) is 10.2.